The Labute approximate surface area is 150 Å². The van der Waals surface area contributed by atoms with Crippen molar-refractivity contribution >= 4 is 47.8 Å². The Morgan fingerprint density at radius 2 is 1.62 bits per heavy atom. The molecule has 1 atom stereocenters. The van der Waals surface area contributed by atoms with Gasteiger partial charge < -0.3 is 9.47 Å². The summed E-state index contributed by atoms with van der Waals surface area (Å²) in [7, 11) is 1.64. The van der Waals surface area contributed by atoms with E-state index in [4.69, 9.17) is 9.47 Å². The minimum absolute atomic E-state index is 0.305. The molecule has 2 aromatic carbocycles. The van der Waals surface area contributed by atoms with Crippen molar-refractivity contribution in [1.29, 1.82) is 0 Å². The molecule has 0 aliphatic carbocycles. The van der Waals surface area contributed by atoms with E-state index in [9.17, 15) is 0 Å². The van der Waals surface area contributed by atoms with Crippen LogP contribution in [0, 0.1) is 0 Å². The van der Waals surface area contributed by atoms with Crippen molar-refractivity contribution in [2.45, 2.75) is 5.92 Å². The van der Waals surface area contributed by atoms with Crippen LogP contribution in [0.25, 0.3) is 0 Å². The van der Waals surface area contributed by atoms with Gasteiger partial charge in [0.2, 0.25) is 0 Å². The predicted octanol–water partition coefficient (Wildman–Crippen LogP) is 5.78. The minimum atomic E-state index is 0.305. The van der Waals surface area contributed by atoms with E-state index < -0.39 is 0 Å². The van der Waals surface area contributed by atoms with E-state index in [-0.39, 0.29) is 0 Å². The molecule has 21 heavy (non-hydrogen) atoms. The van der Waals surface area contributed by atoms with E-state index in [1.807, 2.05) is 30.3 Å². The number of halogens is 3. The van der Waals surface area contributed by atoms with Gasteiger partial charge in [0.05, 0.1) is 22.7 Å². The lowest BCUT2D eigenvalue weighted by Gasteiger charge is -2.17. The fourth-order valence-electron chi connectivity index (χ4n) is 1.92. The van der Waals surface area contributed by atoms with Crippen molar-refractivity contribution in [2.24, 2.45) is 0 Å². The second kappa shape index (κ2) is 8.20. The van der Waals surface area contributed by atoms with Crippen LogP contribution in [-0.4, -0.2) is 19.0 Å². The molecule has 0 fully saturated rings. The van der Waals surface area contributed by atoms with Gasteiger partial charge in [-0.15, -0.1) is 0 Å². The van der Waals surface area contributed by atoms with Crippen molar-refractivity contribution in [1.82, 2.24) is 0 Å². The molecule has 1 unspecified atom stereocenters. The van der Waals surface area contributed by atoms with Crippen molar-refractivity contribution in [2.75, 3.05) is 19.0 Å². The highest BCUT2D eigenvalue weighted by Crippen LogP contribution is 2.36. The zero-order valence-corrected chi connectivity index (χ0v) is 16.2. The smallest absolute Gasteiger partial charge is 0.134 e. The van der Waals surface area contributed by atoms with Gasteiger partial charge >= 0.3 is 0 Å². The molecule has 2 aromatic rings. The molecule has 0 aliphatic rings. The van der Waals surface area contributed by atoms with E-state index >= 15 is 0 Å². The second-order valence-corrected chi connectivity index (χ2v) is 6.85. The van der Waals surface area contributed by atoms with Crippen LogP contribution in [0.15, 0.2) is 51.4 Å². The summed E-state index contributed by atoms with van der Waals surface area (Å²) in [6.45, 7) is 0.604. The molecule has 0 spiro atoms. The molecule has 0 saturated heterocycles. The van der Waals surface area contributed by atoms with Crippen LogP contribution in [0.1, 0.15) is 11.5 Å². The molecule has 0 bridgehead atoms. The van der Waals surface area contributed by atoms with Crippen LogP contribution >= 0.6 is 47.8 Å². The van der Waals surface area contributed by atoms with Gasteiger partial charge in [-0.1, -0.05) is 46.3 Å². The first-order valence-electron chi connectivity index (χ1n) is 6.42. The first-order chi connectivity index (χ1) is 10.2. The summed E-state index contributed by atoms with van der Waals surface area (Å²) >= 11 is 10.5. The summed E-state index contributed by atoms with van der Waals surface area (Å²) in [6, 6.07) is 14.2. The first kappa shape index (κ1) is 16.8. The number of rotatable bonds is 6. The second-order valence-electron chi connectivity index (χ2n) is 4.49. The summed E-state index contributed by atoms with van der Waals surface area (Å²) in [5, 5.41) is 0.853. The number of methoxy groups -OCH3 is 1. The van der Waals surface area contributed by atoms with Gasteiger partial charge in [-0.25, -0.2) is 0 Å². The minimum Gasteiger partial charge on any atom is -0.496 e. The van der Waals surface area contributed by atoms with E-state index in [2.05, 4.69) is 59.9 Å². The highest BCUT2D eigenvalue weighted by Gasteiger charge is 2.13. The summed E-state index contributed by atoms with van der Waals surface area (Å²) < 4.78 is 13.0. The maximum Gasteiger partial charge on any atom is 0.134 e. The van der Waals surface area contributed by atoms with E-state index in [1.54, 1.807) is 7.11 Å². The highest BCUT2D eigenvalue weighted by atomic mass is 79.9. The Balaban J connectivity index is 2.10. The quantitative estimate of drug-likeness (QED) is 0.490. The standard InChI is InChI=1S/C16H15Br3O2/c1-20-15-7-14(19)16(8-13(15)18)21-10-12(9-17)11-5-3-2-4-6-11/h2-8,12H,9-10H2,1H3. The Kier molecular flexibility index (Phi) is 6.58. The molecule has 112 valence electrons. The van der Waals surface area contributed by atoms with E-state index in [0.717, 1.165) is 25.8 Å². The van der Waals surface area contributed by atoms with Gasteiger partial charge in [-0.2, -0.15) is 0 Å². The van der Waals surface area contributed by atoms with Gasteiger partial charge in [0.15, 0.2) is 0 Å². The summed E-state index contributed by atoms with van der Waals surface area (Å²) in [4.78, 5) is 0. The SMILES string of the molecule is COc1cc(Br)c(OCC(CBr)c2ccccc2)cc1Br. The first-order valence-corrected chi connectivity index (χ1v) is 9.13. The number of ether oxygens (including phenoxy) is 2. The fourth-order valence-corrected chi connectivity index (χ4v) is 3.40. The third kappa shape index (κ3) is 4.47. The van der Waals surface area contributed by atoms with Crippen molar-refractivity contribution in [3.05, 3.63) is 57.0 Å². The predicted molar refractivity (Wildman–Crippen MR) is 96.9 cm³/mol. The fraction of sp³-hybridized carbons (Fsp3) is 0.250. The van der Waals surface area contributed by atoms with Crippen molar-refractivity contribution in [3.63, 3.8) is 0 Å². The van der Waals surface area contributed by atoms with E-state index in [0.29, 0.717) is 12.5 Å². The molecule has 0 radical (unpaired) electrons. The van der Waals surface area contributed by atoms with Crippen LogP contribution in [0.4, 0.5) is 0 Å². The average molecular weight is 479 g/mol. The summed E-state index contributed by atoms with van der Waals surface area (Å²) in [5.41, 5.74) is 1.26. The van der Waals surface area contributed by atoms with Crippen molar-refractivity contribution in [3.8, 4) is 11.5 Å². The van der Waals surface area contributed by atoms with Crippen LogP contribution in [-0.2, 0) is 0 Å². The number of hydrogen-bond donors (Lipinski definition) is 0. The lowest BCUT2D eigenvalue weighted by molar-refractivity contribution is 0.295. The van der Waals surface area contributed by atoms with E-state index in [1.165, 1.54) is 5.56 Å². The van der Waals surface area contributed by atoms with Gasteiger partial charge in [-0.3, -0.25) is 0 Å². The van der Waals surface area contributed by atoms with Crippen molar-refractivity contribution < 1.29 is 9.47 Å². The molecule has 2 nitrogen and oxygen atoms in total. The maximum absolute atomic E-state index is 5.96. The monoisotopic (exact) mass is 476 g/mol. The number of hydrogen-bond acceptors (Lipinski definition) is 2. The molecule has 0 aliphatic heterocycles. The number of alkyl halides is 1. The third-order valence-corrected chi connectivity index (χ3v) is 5.12. The van der Waals surface area contributed by atoms with Gasteiger partial charge in [0.25, 0.3) is 0 Å². The molecule has 0 saturated carbocycles. The average Bonchev–Trinajstić information content (AvgIpc) is 2.51. The molecule has 2 rings (SSSR count). The Hall–Kier alpha value is -0.520. The van der Waals surface area contributed by atoms with Gasteiger partial charge in [0, 0.05) is 11.2 Å². The Bertz CT molecular complexity index is 588. The Morgan fingerprint density at radius 1 is 1.00 bits per heavy atom. The molecule has 5 heteroatoms. The third-order valence-electron chi connectivity index (χ3n) is 3.10. The largest absolute Gasteiger partial charge is 0.496 e. The zero-order valence-electron chi connectivity index (χ0n) is 11.5. The normalized spacial score (nSPS) is 12.0. The molecule has 0 aromatic heterocycles. The van der Waals surface area contributed by atoms with Gasteiger partial charge in [0.1, 0.15) is 11.5 Å². The summed E-state index contributed by atoms with van der Waals surface area (Å²) in [6.07, 6.45) is 0. The molecule has 0 heterocycles. The topological polar surface area (TPSA) is 18.5 Å². The van der Waals surface area contributed by atoms with Crippen LogP contribution in [0.2, 0.25) is 0 Å². The highest BCUT2D eigenvalue weighted by molar-refractivity contribution is 9.11. The van der Waals surface area contributed by atoms with Crippen LogP contribution in [0.5, 0.6) is 11.5 Å². The van der Waals surface area contributed by atoms with Gasteiger partial charge in [-0.05, 0) is 49.6 Å². The summed E-state index contributed by atoms with van der Waals surface area (Å²) in [5.74, 6) is 1.87. The number of benzene rings is 2. The lowest BCUT2D eigenvalue weighted by Crippen LogP contribution is -2.12. The maximum atomic E-state index is 5.96. The van der Waals surface area contributed by atoms with Crippen LogP contribution < -0.4 is 9.47 Å². The Morgan fingerprint density at radius 3 is 2.24 bits per heavy atom. The molecule has 0 N–H and O–H groups in total. The molecular weight excluding hydrogens is 464 g/mol. The molecule has 0 amide bonds. The lowest BCUT2D eigenvalue weighted by atomic mass is 10.0. The molecular formula is C16H15Br3O2. The zero-order chi connectivity index (χ0) is 15.2. The van der Waals surface area contributed by atoms with Crippen LogP contribution in [0.3, 0.4) is 0 Å².